The number of ether oxygens (including phenoxy) is 1. The predicted molar refractivity (Wildman–Crippen MR) is 120 cm³/mol. The van der Waals surface area contributed by atoms with Crippen molar-refractivity contribution in [2.24, 2.45) is 5.41 Å². The third-order valence-electron chi connectivity index (χ3n) is 7.53. The average molecular weight is 407 g/mol. The van der Waals surface area contributed by atoms with Crippen molar-refractivity contribution >= 4 is 5.82 Å². The molecule has 1 aromatic heterocycles. The molecule has 1 spiro atoms. The van der Waals surface area contributed by atoms with Crippen LogP contribution in [0.25, 0.3) is 0 Å². The Kier molecular flexibility index (Phi) is 5.40. The highest BCUT2D eigenvalue weighted by Gasteiger charge is 2.40. The largest absolute Gasteiger partial charge is 0.490 e. The summed E-state index contributed by atoms with van der Waals surface area (Å²) >= 11 is 0. The molecule has 0 unspecified atom stereocenters. The van der Waals surface area contributed by atoms with Gasteiger partial charge >= 0.3 is 0 Å². The van der Waals surface area contributed by atoms with Crippen LogP contribution in [-0.4, -0.2) is 53.9 Å². The minimum absolute atomic E-state index is 0.375. The zero-order valence-corrected chi connectivity index (χ0v) is 18.4. The summed E-state index contributed by atoms with van der Waals surface area (Å²) in [6.07, 6.45) is 7.53. The first-order valence-electron chi connectivity index (χ1n) is 11.7. The van der Waals surface area contributed by atoms with Crippen LogP contribution in [0.2, 0.25) is 0 Å². The predicted octanol–water partition coefficient (Wildman–Crippen LogP) is 4.03. The van der Waals surface area contributed by atoms with E-state index in [0.29, 0.717) is 11.5 Å². The molecule has 1 aromatic carbocycles. The standard InChI is InChI=1S/C25H34N4O/c1-3-28-12-8-22(9-13-28)30-23-6-5-20-17-25(18-21(20)16-23)10-14-29(15-11-25)24-7-4-19(2)26-27-24/h4-7,16,22H,3,8-15,17-18H2,1-2H3. The number of hydrogen-bond donors (Lipinski definition) is 0. The number of anilines is 1. The molecular weight excluding hydrogens is 372 g/mol. The van der Waals surface area contributed by atoms with Gasteiger partial charge in [0, 0.05) is 26.2 Å². The molecule has 30 heavy (non-hydrogen) atoms. The van der Waals surface area contributed by atoms with Gasteiger partial charge in [-0.05, 0) is 92.8 Å². The smallest absolute Gasteiger partial charge is 0.151 e. The molecule has 0 amide bonds. The van der Waals surface area contributed by atoms with Crippen molar-refractivity contribution in [1.82, 2.24) is 15.1 Å². The van der Waals surface area contributed by atoms with Crippen LogP contribution in [0.4, 0.5) is 5.82 Å². The van der Waals surface area contributed by atoms with Gasteiger partial charge < -0.3 is 14.5 Å². The molecule has 2 aromatic rings. The van der Waals surface area contributed by atoms with Gasteiger partial charge in [-0.1, -0.05) is 13.0 Å². The number of rotatable bonds is 4. The molecule has 160 valence electrons. The molecule has 5 rings (SSSR count). The number of piperidine rings is 2. The topological polar surface area (TPSA) is 41.5 Å². The summed E-state index contributed by atoms with van der Waals surface area (Å²) < 4.78 is 6.38. The van der Waals surface area contributed by atoms with Crippen molar-refractivity contribution in [3.63, 3.8) is 0 Å². The van der Waals surface area contributed by atoms with Crippen LogP contribution < -0.4 is 9.64 Å². The maximum absolute atomic E-state index is 6.38. The maximum atomic E-state index is 6.38. The second-order valence-electron chi connectivity index (χ2n) is 9.56. The van der Waals surface area contributed by atoms with E-state index in [-0.39, 0.29) is 0 Å². The van der Waals surface area contributed by atoms with Crippen LogP contribution in [0.5, 0.6) is 5.75 Å². The van der Waals surface area contributed by atoms with E-state index in [2.05, 4.69) is 57.3 Å². The minimum Gasteiger partial charge on any atom is -0.490 e. The molecule has 2 aliphatic heterocycles. The summed E-state index contributed by atoms with van der Waals surface area (Å²) in [4.78, 5) is 4.92. The quantitative estimate of drug-likeness (QED) is 0.767. The lowest BCUT2D eigenvalue weighted by Gasteiger charge is -2.39. The van der Waals surface area contributed by atoms with Crippen LogP contribution in [0.1, 0.15) is 49.4 Å². The summed E-state index contributed by atoms with van der Waals surface area (Å²) in [6.45, 7) is 9.87. The van der Waals surface area contributed by atoms with Gasteiger partial charge in [0.25, 0.3) is 0 Å². The third-order valence-corrected chi connectivity index (χ3v) is 7.53. The molecule has 0 N–H and O–H groups in total. The molecule has 5 nitrogen and oxygen atoms in total. The molecular formula is C25H34N4O. The van der Waals surface area contributed by atoms with E-state index < -0.39 is 0 Å². The second-order valence-corrected chi connectivity index (χ2v) is 9.56. The zero-order valence-electron chi connectivity index (χ0n) is 18.4. The Morgan fingerprint density at radius 3 is 2.43 bits per heavy atom. The van der Waals surface area contributed by atoms with Crippen molar-refractivity contribution in [3.05, 3.63) is 47.2 Å². The number of fused-ring (bicyclic) bond motifs is 1. The number of nitrogens with zero attached hydrogens (tertiary/aromatic N) is 4. The van der Waals surface area contributed by atoms with E-state index in [9.17, 15) is 0 Å². The molecule has 3 aliphatic rings. The Hall–Kier alpha value is -2.14. The average Bonchev–Trinajstić information content (AvgIpc) is 3.12. The molecule has 0 saturated carbocycles. The van der Waals surface area contributed by atoms with Gasteiger partial charge in [0.05, 0.1) is 5.69 Å². The lowest BCUT2D eigenvalue weighted by Crippen LogP contribution is -2.41. The van der Waals surface area contributed by atoms with Crippen LogP contribution in [0.15, 0.2) is 30.3 Å². The first-order chi connectivity index (χ1) is 14.6. The van der Waals surface area contributed by atoms with E-state index in [1.807, 2.05) is 6.92 Å². The highest BCUT2D eigenvalue weighted by molar-refractivity contribution is 5.43. The summed E-state index contributed by atoms with van der Waals surface area (Å²) in [5, 5.41) is 8.62. The lowest BCUT2D eigenvalue weighted by molar-refractivity contribution is 0.104. The normalized spacial score (nSPS) is 21.7. The first-order valence-corrected chi connectivity index (χ1v) is 11.7. The number of aromatic nitrogens is 2. The fraction of sp³-hybridized carbons (Fsp3) is 0.600. The molecule has 1 aliphatic carbocycles. The van der Waals surface area contributed by atoms with Crippen LogP contribution in [-0.2, 0) is 12.8 Å². The Labute approximate surface area is 180 Å². The Morgan fingerprint density at radius 1 is 0.967 bits per heavy atom. The fourth-order valence-corrected chi connectivity index (χ4v) is 5.54. The molecule has 5 heteroatoms. The Balaban J connectivity index is 1.20. The lowest BCUT2D eigenvalue weighted by atomic mass is 9.76. The number of benzene rings is 1. The van der Waals surface area contributed by atoms with E-state index in [0.717, 1.165) is 62.8 Å². The zero-order chi connectivity index (χ0) is 20.6. The van der Waals surface area contributed by atoms with Gasteiger partial charge in [0.2, 0.25) is 0 Å². The summed E-state index contributed by atoms with van der Waals surface area (Å²) in [5.74, 6) is 2.10. The number of likely N-dealkylation sites (tertiary alicyclic amines) is 1. The molecule has 2 saturated heterocycles. The minimum atomic E-state index is 0.375. The van der Waals surface area contributed by atoms with Crippen molar-refractivity contribution in [1.29, 1.82) is 0 Å². The number of aryl methyl sites for hydroxylation is 1. The van der Waals surface area contributed by atoms with Gasteiger partial charge in [-0.2, -0.15) is 5.10 Å². The Bertz CT molecular complexity index is 865. The van der Waals surface area contributed by atoms with Gasteiger partial charge in [-0.15, -0.1) is 5.10 Å². The van der Waals surface area contributed by atoms with Gasteiger partial charge in [0.15, 0.2) is 5.82 Å². The van der Waals surface area contributed by atoms with Crippen LogP contribution in [0, 0.1) is 12.3 Å². The highest BCUT2D eigenvalue weighted by Crippen LogP contribution is 2.46. The first kappa shape index (κ1) is 19.8. The van der Waals surface area contributed by atoms with Gasteiger partial charge in [0.1, 0.15) is 11.9 Å². The molecule has 2 fully saturated rings. The summed E-state index contributed by atoms with van der Waals surface area (Å²) in [6, 6.07) is 11.1. The molecule has 0 radical (unpaired) electrons. The van der Waals surface area contributed by atoms with Crippen LogP contribution >= 0.6 is 0 Å². The van der Waals surface area contributed by atoms with Crippen molar-refractivity contribution in [3.8, 4) is 5.75 Å². The number of hydrogen-bond acceptors (Lipinski definition) is 5. The molecule has 3 heterocycles. The Morgan fingerprint density at radius 2 is 1.73 bits per heavy atom. The van der Waals surface area contributed by atoms with Crippen molar-refractivity contribution in [2.75, 3.05) is 37.6 Å². The third kappa shape index (κ3) is 4.04. The van der Waals surface area contributed by atoms with E-state index in [1.165, 1.54) is 36.8 Å². The fourth-order valence-electron chi connectivity index (χ4n) is 5.54. The second kappa shape index (κ2) is 8.18. The van der Waals surface area contributed by atoms with Crippen molar-refractivity contribution < 1.29 is 4.74 Å². The molecule has 0 atom stereocenters. The summed E-state index contributed by atoms with van der Waals surface area (Å²) in [5.41, 5.74) is 4.45. The highest BCUT2D eigenvalue weighted by atomic mass is 16.5. The van der Waals surface area contributed by atoms with Gasteiger partial charge in [-0.25, -0.2) is 0 Å². The van der Waals surface area contributed by atoms with Crippen molar-refractivity contribution in [2.45, 2.75) is 58.5 Å². The van der Waals surface area contributed by atoms with E-state index >= 15 is 0 Å². The molecule has 0 bridgehead atoms. The maximum Gasteiger partial charge on any atom is 0.151 e. The van der Waals surface area contributed by atoms with E-state index in [4.69, 9.17) is 4.74 Å². The van der Waals surface area contributed by atoms with Gasteiger partial charge in [-0.3, -0.25) is 0 Å². The van der Waals surface area contributed by atoms with Crippen LogP contribution in [0.3, 0.4) is 0 Å². The van der Waals surface area contributed by atoms with E-state index in [1.54, 1.807) is 0 Å². The SMILES string of the molecule is CCN1CCC(Oc2ccc3c(c2)CC2(CCN(c4ccc(C)nn4)CC2)C3)CC1. The summed E-state index contributed by atoms with van der Waals surface area (Å²) in [7, 11) is 0. The monoisotopic (exact) mass is 406 g/mol.